The van der Waals surface area contributed by atoms with Crippen LogP contribution in [0.5, 0.6) is 0 Å². The molecule has 0 amide bonds. The number of anilines is 1. The molecule has 1 fully saturated rings. The van der Waals surface area contributed by atoms with Gasteiger partial charge in [0.25, 0.3) is 0 Å². The molecule has 4 heterocycles. The van der Waals surface area contributed by atoms with Crippen molar-refractivity contribution < 1.29 is 17.9 Å². The number of imidazole rings is 1. The minimum absolute atomic E-state index is 0.191. The molecular weight excluding hydrogens is 407 g/mol. The Kier molecular flexibility index (Phi) is 5.65. The number of fused-ring (bicyclic) bond motifs is 1. The molecule has 12 heteroatoms. The second-order valence-electron chi connectivity index (χ2n) is 6.87. The molecule has 0 atom stereocenters. The van der Waals surface area contributed by atoms with Gasteiger partial charge in [-0.25, -0.2) is 19.9 Å². The number of alkyl halides is 3. The number of ether oxygens (including phenoxy) is 1. The van der Waals surface area contributed by atoms with Crippen LogP contribution in [0.1, 0.15) is 11.5 Å². The van der Waals surface area contributed by atoms with E-state index < -0.39 is 12.7 Å². The molecule has 156 valence electrons. The summed E-state index contributed by atoms with van der Waals surface area (Å²) in [6.07, 6.45) is -3.18. The van der Waals surface area contributed by atoms with Crippen molar-refractivity contribution >= 4 is 28.3 Å². The zero-order chi connectivity index (χ0) is 20.4. The lowest BCUT2D eigenvalue weighted by Crippen LogP contribution is -2.37. The monoisotopic (exact) mass is 427 g/mol. The van der Waals surface area contributed by atoms with Crippen LogP contribution in [0, 0.1) is 0 Å². The number of aromatic nitrogens is 5. The van der Waals surface area contributed by atoms with Gasteiger partial charge in [0.2, 0.25) is 0 Å². The molecular formula is C17H20F3N7OS. The quantitative estimate of drug-likeness (QED) is 0.598. The molecule has 1 aliphatic heterocycles. The van der Waals surface area contributed by atoms with E-state index in [1.807, 2.05) is 22.2 Å². The Bertz CT molecular complexity index is 954. The molecule has 1 aliphatic rings. The Balaban J connectivity index is 1.67. The van der Waals surface area contributed by atoms with Crippen molar-refractivity contribution in [3.8, 4) is 0 Å². The summed E-state index contributed by atoms with van der Waals surface area (Å²) in [6, 6.07) is 0. The average molecular weight is 427 g/mol. The van der Waals surface area contributed by atoms with Gasteiger partial charge >= 0.3 is 6.18 Å². The minimum atomic E-state index is -4.36. The second kappa shape index (κ2) is 8.20. The third kappa shape index (κ3) is 4.82. The van der Waals surface area contributed by atoms with Crippen LogP contribution in [-0.2, 0) is 24.4 Å². The number of morpholine rings is 1. The van der Waals surface area contributed by atoms with Gasteiger partial charge in [0, 0.05) is 25.0 Å². The Labute approximate surface area is 169 Å². The van der Waals surface area contributed by atoms with Gasteiger partial charge in [0.1, 0.15) is 12.4 Å². The van der Waals surface area contributed by atoms with Crippen LogP contribution in [0.25, 0.3) is 11.2 Å². The van der Waals surface area contributed by atoms with Crippen molar-refractivity contribution in [1.82, 2.24) is 29.4 Å². The number of thiazole rings is 1. The predicted octanol–water partition coefficient (Wildman–Crippen LogP) is 2.31. The number of nitrogens with zero attached hydrogens (tertiary/aromatic N) is 7. The molecule has 0 saturated carbocycles. The highest BCUT2D eigenvalue weighted by Crippen LogP contribution is 2.26. The standard InChI is InChI=1S/C17H20F3N7OS/c1-25(6-12-8-29-11-22-12)7-13-23-15(26-2-4-28-5-3-26)14-16(24-13)27(10-21-14)9-17(18,19)20/h8,10-11H,2-7,9H2,1H3. The van der Waals surface area contributed by atoms with Crippen LogP contribution >= 0.6 is 11.3 Å². The maximum atomic E-state index is 13.0. The van der Waals surface area contributed by atoms with E-state index in [1.165, 1.54) is 17.7 Å². The van der Waals surface area contributed by atoms with Gasteiger partial charge in [-0.1, -0.05) is 0 Å². The molecule has 0 spiro atoms. The first-order valence-electron chi connectivity index (χ1n) is 9.06. The largest absolute Gasteiger partial charge is 0.406 e. The number of halogens is 3. The van der Waals surface area contributed by atoms with Crippen LogP contribution in [0.2, 0.25) is 0 Å². The molecule has 0 aliphatic carbocycles. The third-order valence-electron chi connectivity index (χ3n) is 4.48. The first kappa shape index (κ1) is 20.0. The van der Waals surface area contributed by atoms with Crippen LogP contribution in [-0.4, -0.2) is 68.9 Å². The van der Waals surface area contributed by atoms with Gasteiger partial charge < -0.3 is 14.2 Å². The second-order valence-corrected chi connectivity index (χ2v) is 7.59. The number of rotatable bonds is 6. The van der Waals surface area contributed by atoms with E-state index in [2.05, 4.69) is 19.9 Å². The molecule has 3 aromatic rings. The maximum absolute atomic E-state index is 13.0. The minimum Gasteiger partial charge on any atom is -0.378 e. The number of hydrogen-bond acceptors (Lipinski definition) is 8. The molecule has 0 aromatic carbocycles. The van der Waals surface area contributed by atoms with Gasteiger partial charge in [-0.3, -0.25) is 4.90 Å². The van der Waals surface area contributed by atoms with E-state index in [1.54, 1.807) is 5.51 Å². The van der Waals surface area contributed by atoms with E-state index in [0.717, 1.165) is 10.3 Å². The molecule has 0 bridgehead atoms. The molecule has 1 saturated heterocycles. The highest BCUT2D eigenvalue weighted by Gasteiger charge is 2.30. The molecule has 4 rings (SSSR count). The normalized spacial score (nSPS) is 15.6. The summed E-state index contributed by atoms with van der Waals surface area (Å²) in [5.41, 5.74) is 3.25. The van der Waals surface area contributed by atoms with E-state index in [-0.39, 0.29) is 5.65 Å². The fourth-order valence-corrected chi connectivity index (χ4v) is 3.79. The van der Waals surface area contributed by atoms with Crippen molar-refractivity contribution in [2.45, 2.75) is 25.8 Å². The van der Waals surface area contributed by atoms with Crippen molar-refractivity contribution in [2.24, 2.45) is 0 Å². The molecule has 0 unspecified atom stereocenters. The first-order valence-corrected chi connectivity index (χ1v) is 10.00. The number of hydrogen-bond donors (Lipinski definition) is 0. The SMILES string of the molecule is CN(Cc1cscn1)Cc1nc(N2CCOCC2)c2ncn(CC(F)(F)F)c2n1. The summed E-state index contributed by atoms with van der Waals surface area (Å²) < 4.78 is 45.4. The molecule has 0 radical (unpaired) electrons. The average Bonchev–Trinajstić information content (AvgIpc) is 3.31. The third-order valence-corrected chi connectivity index (χ3v) is 5.11. The fourth-order valence-electron chi connectivity index (χ4n) is 3.24. The lowest BCUT2D eigenvalue weighted by atomic mass is 10.3. The van der Waals surface area contributed by atoms with Gasteiger partial charge in [0.15, 0.2) is 17.0 Å². The van der Waals surface area contributed by atoms with Crippen molar-refractivity contribution in [3.05, 3.63) is 28.7 Å². The molecule has 29 heavy (non-hydrogen) atoms. The summed E-state index contributed by atoms with van der Waals surface area (Å²) in [7, 11) is 1.90. The smallest absolute Gasteiger partial charge is 0.378 e. The predicted molar refractivity (Wildman–Crippen MR) is 102 cm³/mol. The van der Waals surface area contributed by atoms with Crippen molar-refractivity contribution in [2.75, 3.05) is 38.3 Å². The highest BCUT2D eigenvalue weighted by atomic mass is 32.1. The Morgan fingerprint density at radius 1 is 1.17 bits per heavy atom. The van der Waals surface area contributed by atoms with Crippen LogP contribution < -0.4 is 4.90 Å². The van der Waals surface area contributed by atoms with Crippen LogP contribution in [0.3, 0.4) is 0 Å². The van der Waals surface area contributed by atoms with Crippen LogP contribution in [0.4, 0.5) is 19.0 Å². The summed E-state index contributed by atoms with van der Waals surface area (Å²) in [4.78, 5) is 21.5. The van der Waals surface area contributed by atoms with Gasteiger partial charge in [-0.2, -0.15) is 13.2 Å². The van der Waals surface area contributed by atoms with Gasteiger partial charge in [-0.05, 0) is 7.05 Å². The summed E-state index contributed by atoms with van der Waals surface area (Å²) in [5.74, 6) is 0.997. The van der Waals surface area contributed by atoms with E-state index in [4.69, 9.17) is 4.74 Å². The van der Waals surface area contributed by atoms with E-state index in [9.17, 15) is 13.2 Å². The molecule has 0 N–H and O–H groups in total. The lowest BCUT2D eigenvalue weighted by Gasteiger charge is -2.28. The van der Waals surface area contributed by atoms with Crippen LogP contribution in [0.15, 0.2) is 17.2 Å². The van der Waals surface area contributed by atoms with E-state index >= 15 is 0 Å². The highest BCUT2D eigenvalue weighted by molar-refractivity contribution is 7.07. The van der Waals surface area contributed by atoms with Crippen molar-refractivity contribution in [1.29, 1.82) is 0 Å². The topological polar surface area (TPSA) is 72.2 Å². The first-order chi connectivity index (χ1) is 13.9. The van der Waals surface area contributed by atoms with Crippen molar-refractivity contribution in [3.63, 3.8) is 0 Å². The van der Waals surface area contributed by atoms with E-state index in [0.29, 0.717) is 56.6 Å². The summed E-state index contributed by atoms with van der Waals surface area (Å²) in [6.45, 7) is 2.11. The maximum Gasteiger partial charge on any atom is 0.406 e. The van der Waals surface area contributed by atoms with Gasteiger partial charge in [0.05, 0.1) is 37.3 Å². The molecule has 3 aromatic heterocycles. The van der Waals surface area contributed by atoms with Gasteiger partial charge in [-0.15, -0.1) is 11.3 Å². The Morgan fingerprint density at radius 3 is 2.66 bits per heavy atom. The zero-order valence-electron chi connectivity index (χ0n) is 15.8. The Morgan fingerprint density at radius 2 is 1.97 bits per heavy atom. The molecule has 8 nitrogen and oxygen atoms in total. The fraction of sp³-hybridized carbons (Fsp3) is 0.529. The lowest BCUT2D eigenvalue weighted by molar-refractivity contribution is -0.140. The summed E-state index contributed by atoms with van der Waals surface area (Å²) in [5, 5.41) is 1.96. The Hall–Kier alpha value is -2.31. The zero-order valence-corrected chi connectivity index (χ0v) is 16.6. The summed E-state index contributed by atoms with van der Waals surface area (Å²) >= 11 is 1.51.